The van der Waals surface area contributed by atoms with E-state index >= 15 is 0 Å². The van der Waals surface area contributed by atoms with E-state index in [2.05, 4.69) is 22.6 Å². The second kappa shape index (κ2) is 1.72. The molecule has 0 aromatic heterocycles. The van der Waals surface area contributed by atoms with Crippen LogP contribution in [0.5, 0.6) is 0 Å². The van der Waals surface area contributed by atoms with Crippen molar-refractivity contribution in [2.45, 2.75) is 16.0 Å². The van der Waals surface area contributed by atoms with Crippen molar-refractivity contribution in [1.82, 2.24) is 0 Å². The van der Waals surface area contributed by atoms with Gasteiger partial charge in [-0.05, 0) is 30.1 Å². The van der Waals surface area contributed by atoms with Crippen LogP contribution in [0.15, 0.2) is 0 Å². The van der Waals surface area contributed by atoms with Gasteiger partial charge in [0.15, 0.2) is 0 Å². The Morgan fingerprint density at radius 3 is 2.86 bits per heavy atom. The fourth-order valence-electron chi connectivity index (χ4n) is 6.14. The van der Waals surface area contributed by atoms with Gasteiger partial charge >= 0.3 is 0 Å². The van der Waals surface area contributed by atoms with E-state index in [1.807, 2.05) is 0 Å². The standard InChI is InChI=1S/C11H10FIO/c12-11-7-3-1-2-4(5(3)10(11)13)8(11)9(14)6(2)7/h2-8,10H,1H2/t2-,3-,4+,5-,6-,7+,8+,10-,11+/m0/s1. The average molecular weight is 304 g/mol. The summed E-state index contributed by atoms with van der Waals surface area (Å²) in [7, 11) is 0. The molecule has 14 heavy (non-hydrogen) atoms. The van der Waals surface area contributed by atoms with E-state index in [1.165, 1.54) is 6.42 Å². The third kappa shape index (κ3) is 0.407. The molecule has 0 aliphatic heterocycles. The first-order chi connectivity index (χ1) is 6.67. The van der Waals surface area contributed by atoms with Gasteiger partial charge in [0, 0.05) is 15.8 Å². The smallest absolute Gasteiger partial charge is 0.143 e. The number of halogens is 2. The highest BCUT2D eigenvalue weighted by atomic mass is 127. The zero-order valence-corrected chi connectivity index (χ0v) is 9.65. The molecule has 0 radical (unpaired) electrons. The topological polar surface area (TPSA) is 17.1 Å². The number of alkyl halides is 2. The molecule has 0 aromatic carbocycles. The molecule has 6 rings (SSSR count). The summed E-state index contributed by atoms with van der Waals surface area (Å²) >= 11 is 2.30. The van der Waals surface area contributed by atoms with Crippen LogP contribution in [-0.2, 0) is 4.79 Å². The number of ketones is 1. The van der Waals surface area contributed by atoms with Crippen LogP contribution in [0.3, 0.4) is 0 Å². The lowest BCUT2D eigenvalue weighted by Crippen LogP contribution is -2.42. The fraction of sp³-hybridized carbons (Fsp3) is 0.909. The van der Waals surface area contributed by atoms with Gasteiger partial charge in [-0.3, -0.25) is 4.79 Å². The minimum Gasteiger partial charge on any atom is -0.299 e. The van der Waals surface area contributed by atoms with Crippen molar-refractivity contribution < 1.29 is 9.18 Å². The largest absolute Gasteiger partial charge is 0.299 e. The molecule has 0 heterocycles. The Labute approximate surface area is 94.9 Å². The van der Waals surface area contributed by atoms with Gasteiger partial charge in [0.1, 0.15) is 11.5 Å². The zero-order chi connectivity index (χ0) is 9.40. The first-order valence-corrected chi connectivity index (χ1v) is 6.78. The molecule has 6 saturated carbocycles. The number of hydrogen-bond acceptors (Lipinski definition) is 1. The minimum absolute atomic E-state index is 0.155. The molecule has 6 aliphatic carbocycles. The SMILES string of the molecule is O=C1[C@H]2[C@H]3C[C@H]4[C@H]5[C@@H]3[C@H]1[C@](F)([C@H]42)[C@H]5I. The summed E-state index contributed by atoms with van der Waals surface area (Å²) in [6.07, 6.45) is 1.18. The fourth-order valence-corrected chi connectivity index (χ4v) is 7.96. The van der Waals surface area contributed by atoms with Gasteiger partial charge in [0.05, 0.1) is 5.92 Å². The number of Topliss-reactive ketones (excluding diaryl/α,β-unsaturated/α-hetero) is 1. The van der Waals surface area contributed by atoms with Crippen molar-refractivity contribution in [2.24, 2.45) is 41.4 Å². The van der Waals surface area contributed by atoms with Crippen molar-refractivity contribution in [3.05, 3.63) is 0 Å². The minimum atomic E-state index is -1.06. The third-order valence-corrected chi connectivity index (χ3v) is 7.84. The lowest BCUT2D eigenvalue weighted by Gasteiger charge is -2.35. The van der Waals surface area contributed by atoms with Gasteiger partial charge < -0.3 is 0 Å². The van der Waals surface area contributed by atoms with Gasteiger partial charge in [0.2, 0.25) is 0 Å². The van der Waals surface area contributed by atoms with Crippen LogP contribution in [0, 0.1) is 41.4 Å². The molecule has 0 amide bonds. The van der Waals surface area contributed by atoms with E-state index < -0.39 is 5.67 Å². The van der Waals surface area contributed by atoms with Gasteiger partial charge in [-0.25, -0.2) is 4.39 Å². The highest BCUT2D eigenvalue weighted by Crippen LogP contribution is 2.84. The van der Waals surface area contributed by atoms with Gasteiger partial charge in [-0.2, -0.15) is 0 Å². The van der Waals surface area contributed by atoms with E-state index in [9.17, 15) is 9.18 Å². The van der Waals surface area contributed by atoms with E-state index in [4.69, 9.17) is 0 Å². The molecule has 74 valence electrons. The first kappa shape index (κ1) is 7.58. The van der Waals surface area contributed by atoms with Crippen molar-refractivity contribution in [3.63, 3.8) is 0 Å². The molecule has 0 saturated heterocycles. The second-order valence-corrected chi connectivity index (χ2v) is 7.22. The molecule has 0 aromatic rings. The van der Waals surface area contributed by atoms with Crippen LogP contribution in [0.25, 0.3) is 0 Å². The molecular formula is C11H10FIO. The Hall–Kier alpha value is 0.330. The Morgan fingerprint density at radius 1 is 1.36 bits per heavy atom. The van der Waals surface area contributed by atoms with Crippen molar-refractivity contribution >= 4 is 28.4 Å². The number of carbonyl (C=O) groups is 1. The average Bonchev–Trinajstić information content (AvgIpc) is 2.81. The highest BCUT2D eigenvalue weighted by Gasteiger charge is 2.90. The Morgan fingerprint density at radius 2 is 2.14 bits per heavy atom. The Kier molecular flexibility index (Phi) is 0.931. The molecule has 0 unspecified atom stereocenters. The molecule has 0 spiro atoms. The summed E-state index contributed by atoms with van der Waals surface area (Å²) in [5.74, 6) is 2.71. The van der Waals surface area contributed by atoms with Crippen LogP contribution < -0.4 is 0 Å². The van der Waals surface area contributed by atoms with Gasteiger partial charge in [-0.1, -0.05) is 22.6 Å². The number of hydrogen-bond donors (Lipinski definition) is 0. The van der Waals surface area contributed by atoms with Crippen LogP contribution in [-0.4, -0.2) is 15.4 Å². The zero-order valence-electron chi connectivity index (χ0n) is 7.49. The monoisotopic (exact) mass is 304 g/mol. The van der Waals surface area contributed by atoms with Gasteiger partial charge in [0.25, 0.3) is 0 Å². The van der Waals surface area contributed by atoms with Crippen molar-refractivity contribution in [3.8, 4) is 0 Å². The maximum absolute atomic E-state index is 14.9. The number of rotatable bonds is 0. The Balaban J connectivity index is 1.92. The summed E-state index contributed by atoms with van der Waals surface area (Å²) in [6.45, 7) is 0. The third-order valence-electron chi connectivity index (χ3n) is 6.06. The second-order valence-electron chi connectivity index (χ2n) is 5.88. The quantitative estimate of drug-likeness (QED) is 0.493. The molecule has 9 atom stereocenters. The van der Waals surface area contributed by atoms with E-state index in [-0.39, 0.29) is 21.7 Å². The predicted molar refractivity (Wildman–Crippen MR) is 55.7 cm³/mol. The molecule has 3 heteroatoms. The van der Waals surface area contributed by atoms with Crippen molar-refractivity contribution in [1.29, 1.82) is 0 Å². The summed E-state index contributed by atoms with van der Waals surface area (Å²) in [6, 6.07) is 0. The van der Waals surface area contributed by atoms with E-state index in [0.717, 1.165) is 0 Å². The molecule has 6 aliphatic rings. The summed E-state index contributed by atoms with van der Waals surface area (Å²) in [4.78, 5) is 12.0. The summed E-state index contributed by atoms with van der Waals surface area (Å²) < 4.78 is 15.1. The van der Waals surface area contributed by atoms with E-state index in [1.54, 1.807) is 0 Å². The molecule has 1 nitrogen and oxygen atoms in total. The lowest BCUT2D eigenvalue weighted by molar-refractivity contribution is -0.122. The van der Waals surface area contributed by atoms with Crippen LogP contribution in [0.2, 0.25) is 0 Å². The lowest BCUT2D eigenvalue weighted by atomic mass is 9.70. The first-order valence-electron chi connectivity index (χ1n) is 5.54. The van der Waals surface area contributed by atoms with Crippen molar-refractivity contribution in [2.75, 3.05) is 0 Å². The predicted octanol–water partition coefficient (Wildman–Crippen LogP) is 1.84. The van der Waals surface area contributed by atoms with Crippen LogP contribution >= 0.6 is 22.6 Å². The van der Waals surface area contributed by atoms with E-state index in [0.29, 0.717) is 29.5 Å². The molecule has 6 bridgehead atoms. The maximum atomic E-state index is 14.9. The molecule has 0 N–H and O–H groups in total. The van der Waals surface area contributed by atoms with Crippen LogP contribution in [0.4, 0.5) is 4.39 Å². The highest BCUT2D eigenvalue weighted by molar-refractivity contribution is 14.1. The maximum Gasteiger partial charge on any atom is 0.143 e. The normalized spacial score (nSPS) is 80.3. The van der Waals surface area contributed by atoms with Crippen LogP contribution in [0.1, 0.15) is 6.42 Å². The molecule has 6 fully saturated rings. The summed E-state index contributed by atoms with van der Waals surface area (Å²) in [5.41, 5.74) is -1.06. The molecular weight excluding hydrogens is 294 g/mol. The number of carbonyl (C=O) groups excluding carboxylic acids is 1. The van der Waals surface area contributed by atoms with Gasteiger partial charge in [-0.15, -0.1) is 0 Å². The Bertz CT molecular complexity index is 395. The summed E-state index contributed by atoms with van der Waals surface area (Å²) in [5, 5.41) is 0.